The predicted octanol–water partition coefficient (Wildman–Crippen LogP) is 4.17. The minimum atomic E-state index is 0.00149. The molecule has 4 fully saturated rings. The first-order chi connectivity index (χ1) is 11.9. The van der Waals surface area contributed by atoms with E-state index in [4.69, 9.17) is 0 Å². The molecule has 0 aromatic carbocycles. The average molecular weight is 342 g/mol. The van der Waals surface area contributed by atoms with Gasteiger partial charge in [-0.3, -0.25) is 9.59 Å². The van der Waals surface area contributed by atoms with Crippen LogP contribution >= 0.6 is 0 Å². The maximum Gasteiger partial charge on any atom is 0.170 e. The quantitative estimate of drug-likeness (QED) is 0.559. The third kappa shape index (κ3) is 2.42. The van der Waals surface area contributed by atoms with Crippen LogP contribution in [0.4, 0.5) is 0 Å². The van der Waals surface area contributed by atoms with Crippen LogP contribution in [-0.2, 0) is 14.4 Å². The van der Waals surface area contributed by atoms with Crippen LogP contribution in [0.5, 0.6) is 0 Å². The van der Waals surface area contributed by atoms with Gasteiger partial charge in [0, 0.05) is 18.8 Å². The van der Waals surface area contributed by atoms with Gasteiger partial charge in [0.1, 0.15) is 11.7 Å². The zero-order valence-electron chi connectivity index (χ0n) is 15.6. The number of ketones is 2. The Labute approximate surface area is 150 Å². The summed E-state index contributed by atoms with van der Waals surface area (Å²) in [6.45, 7) is 4.76. The van der Waals surface area contributed by atoms with E-state index in [2.05, 4.69) is 13.8 Å². The molecular formula is C22H30O3. The third-order valence-electron chi connectivity index (χ3n) is 9.03. The van der Waals surface area contributed by atoms with Crippen molar-refractivity contribution >= 4 is 17.5 Å². The van der Waals surface area contributed by atoms with E-state index in [-0.39, 0.29) is 17.1 Å². The molecule has 0 saturated heterocycles. The van der Waals surface area contributed by atoms with Crippen molar-refractivity contribution in [1.29, 1.82) is 0 Å². The van der Waals surface area contributed by atoms with Crippen molar-refractivity contribution in [2.75, 3.05) is 0 Å². The predicted molar refractivity (Wildman–Crippen MR) is 95.5 cm³/mol. The van der Waals surface area contributed by atoms with E-state index in [0.717, 1.165) is 44.6 Å². The van der Waals surface area contributed by atoms with E-state index in [1.165, 1.54) is 19.3 Å². The van der Waals surface area contributed by atoms with Gasteiger partial charge in [-0.15, -0.1) is 0 Å². The summed E-state index contributed by atoms with van der Waals surface area (Å²) in [6.07, 6.45) is 10.5. The van der Waals surface area contributed by atoms with Crippen LogP contribution in [0.3, 0.4) is 0 Å². The van der Waals surface area contributed by atoms with Crippen molar-refractivity contribution in [1.82, 2.24) is 0 Å². The lowest BCUT2D eigenvalue weighted by Crippen LogP contribution is -2.53. The first kappa shape index (κ1) is 17.2. The van der Waals surface area contributed by atoms with Crippen molar-refractivity contribution in [2.24, 2.45) is 40.4 Å². The SMILES string of the molecule is C[C@]12CCC(=O)C[C@@H]1CC[C@@H]1[C@@H]2CC[C@]2(C)[C@@H](C(=O)C=C=O)CC[C@@H]12. The topological polar surface area (TPSA) is 51.2 Å². The summed E-state index contributed by atoms with van der Waals surface area (Å²) in [7, 11) is 0. The molecule has 0 amide bonds. The fraction of sp³-hybridized carbons (Fsp3) is 0.818. The molecule has 0 radical (unpaired) electrons. The van der Waals surface area contributed by atoms with E-state index in [0.29, 0.717) is 34.9 Å². The van der Waals surface area contributed by atoms with E-state index < -0.39 is 0 Å². The molecule has 4 saturated carbocycles. The van der Waals surface area contributed by atoms with Crippen LogP contribution in [0.15, 0.2) is 6.08 Å². The average Bonchev–Trinajstić information content (AvgIpc) is 2.93. The second-order valence-electron chi connectivity index (χ2n) is 9.74. The second kappa shape index (κ2) is 5.91. The Morgan fingerprint density at radius 2 is 1.80 bits per heavy atom. The van der Waals surface area contributed by atoms with Gasteiger partial charge >= 0.3 is 0 Å². The minimum absolute atomic E-state index is 0.00149. The van der Waals surface area contributed by atoms with Crippen molar-refractivity contribution in [3.63, 3.8) is 0 Å². The highest BCUT2D eigenvalue weighted by Gasteiger charge is 2.60. The van der Waals surface area contributed by atoms with Gasteiger partial charge < -0.3 is 0 Å². The zero-order chi connectivity index (χ0) is 17.8. The Hall–Kier alpha value is -1.21. The van der Waals surface area contributed by atoms with Crippen LogP contribution in [-0.4, -0.2) is 17.5 Å². The normalized spacial score (nSPS) is 48.7. The van der Waals surface area contributed by atoms with Crippen LogP contribution < -0.4 is 0 Å². The lowest BCUT2D eigenvalue weighted by molar-refractivity contribution is -0.142. The third-order valence-corrected chi connectivity index (χ3v) is 9.03. The standard InChI is InChI=1S/C22H30O3/c1-21-10-7-15(24)13-14(21)3-4-16-17-5-6-19(20(25)9-12-23)22(17,2)11-8-18(16)21/h9,14,16-19H,3-8,10-11,13H2,1-2H3/t14-,16-,17-,18-,19+,21-,22-/m0/s1. The Balaban J connectivity index is 1.61. The molecule has 136 valence electrons. The zero-order valence-corrected chi connectivity index (χ0v) is 15.6. The number of allylic oxidation sites excluding steroid dienone is 1. The van der Waals surface area contributed by atoms with E-state index in [9.17, 15) is 14.4 Å². The van der Waals surface area contributed by atoms with Gasteiger partial charge in [-0.25, -0.2) is 4.79 Å². The number of rotatable bonds is 2. The first-order valence-corrected chi connectivity index (χ1v) is 10.2. The molecule has 3 nitrogen and oxygen atoms in total. The van der Waals surface area contributed by atoms with Crippen LogP contribution in [0.25, 0.3) is 0 Å². The van der Waals surface area contributed by atoms with Gasteiger partial charge in [-0.1, -0.05) is 13.8 Å². The van der Waals surface area contributed by atoms with Crippen molar-refractivity contribution < 1.29 is 14.4 Å². The lowest BCUT2D eigenvalue weighted by Gasteiger charge is -2.60. The molecule has 25 heavy (non-hydrogen) atoms. The monoisotopic (exact) mass is 342 g/mol. The Kier molecular flexibility index (Phi) is 4.07. The molecule has 0 unspecified atom stereocenters. The molecule has 0 spiro atoms. The van der Waals surface area contributed by atoms with Gasteiger partial charge in [0.2, 0.25) is 0 Å². The summed E-state index contributed by atoms with van der Waals surface area (Å²) in [5, 5.41) is 0. The fourth-order valence-electron chi connectivity index (χ4n) is 7.67. The molecule has 0 bridgehead atoms. The minimum Gasteiger partial charge on any atom is -0.300 e. The fourth-order valence-corrected chi connectivity index (χ4v) is 7.67. The van der Waals surface area contributed by atoms with Crippen molar-refractivity contribution in [3.05, 3.63) is 6.08 Å². The molecular weight excluding hydrogens is 312 g/mol. The van der Waals surface area contributed by atoms with Crippen LogP contribution in [0.2, 0.25) is 0 Å². The number of hydrogen-bond acceptors (Lipinski definition) is 3. The van der Waals surface area contributed by atoms with Crippen molar-refractivity contribution in [3.8, 4) is 0 Å². The molecule has 3 heteroatoms. The highest BCUT2D eigenvalue weighted by molar-refractivity contribution is 5.98. The highest BCUT2D eigenvalue weighted by atomic mass is 16.1. The largest absolute Gasteiger partial charge is 0.300 e. The molecule has 0 aromatic heterocycles. The van der Waals surface area contributed by atoms with Gasteiger partial charge in [-0.2, -0.15) is 0 Å². The van der Waals surface area contributed by atoms with E-state index in [1.54, 1.807) is 5.94 Å². The van der Waals surface area contributed by atoms with Crippen LogP contribution in [0.1, 0.15) is 71.6 Å². The molecule has 4 aliphatic rings. The number of fused-ring (bicyclic) bond motifs is 5. The summed E-state index contributed by atoms with van der Waals surface area (Å²) < 4.78 is 0. The maximum absolute atomic E-state index is 12.4. The number of hydrogen-bond donors (Lipinski definition) is 0. The Bertz CT molecular complexity index is 646. The molecule has 0 aliphatic heterocycles. The summed E-state index contributed by atoms with van der Waals surface area (Å²) in [5.74, 6) is 4.79. The van der Waals surface area contributed by atoms with Gasteiger partial charge in [-0.05, 0) is 79.4 Å². The molecule has 4 aliphatic carbocycles. The molecule has 0 aromatic rings. The highest BCUT2D eigenvalue weighted by Crippen LogP contribution is 2.67. The molecule has 0 heterocycles. The van der Waals surface area contributed by atoms with Gasteiger partial charge in [0.25, 0.3) is 0 Å². The summed E-state index contributed by atoms with van der Waals surface area (Å²) >= 11 is 0. The van der Waals surface area contributed by atoms with Gasteiger partial charge in [0.05, 0.1) is 6.08 Å². The number of carbonyl (C=O) groups excluding carboxylic acids is 3. The lowest BCUT2D eigenvalue weighted by atomic mass is 9.44. The number of Topliss-reactive ketones (excluding diaryl/α,β-unsaturated/α-hetero) is 1. The summed E-state index contributed by atoms with van der Waals surface area (Å²) in [4.78, 5) is 35.1. The van der Waals surface area contributed by atoms with Crippen LogP contribution in [0, 0.1) is 40.4 Å². The first-order valence-electron chi connectivity index (χ1n) is 10.2. The maximum atomic E-state index is 12.4. The molecule has 0 N–H and O–H groups in total. The van der Waals surface area contributed by atoms with Gasteiger partial charge in [0.15, 0.2) is 5.78 Å². The van der Waals surface area contributed by atoms with E-state index >= 15 is 0 Å². The van der Waals surface area contributed by atoms with E-state index in [1.807, 2.05) is 0 Å². The summed E-state index contributed by atoms with van der Waals surface area (Å²) in [5.41, 5.74) is 0.377. The Morgan fingerprint density at radius 3 is 2.56 bits per heavy atom. The van der Waals surface area contributed by atoms with Crippen molar-refractivity contribution in [2.45, 2.75) is 71.6 Å². The Morgan fingerprint density at radius 1 is 1.04 bits per heavy atom. The molecule has 7 atom stereocenters. The number of carbonyl (C=O) groups is 2. The molecule has 4 rings (SSSR count). The smallest absolute Gasteiger partial charge is 0.170 e. The summed E-state index contributed by atoms with van der Waals surface area (Å²) in [6, 6.07) is 0. The second-order valence-corrected chi connectivity index (χ2v) is 9.74.